The van der Waals surface area contributed by atoms with Crippen LogP contribution in [-0.4, -0.2) is 25.1 Å². The van der Waals surface area contributed by atoms with E-state index in [1.807, 2.05) is 0 Å². The first-order valence-corrected chi connectivity index (χ1v) is 6.12. The molecule has 0 bridgehead atoms. The number of hydrogen-bond donors (Lipinski definition) is 1. The summed E-state index contributed by atoms with van der Waals surface area (Å²) in [6, 6.07) is 0. The highest BCUT2D eigenvalue weighted by Crippen LogP contribution is 2.30. The van der Waals surface area contributed by atoms with Gasteiger partial charge in [0, 0.05) is 18.3 Å². The topological polar surface area (TPSA) is 67.3 Å². The third-order valence-electron chi connectivity index (χ3n) is 3.29. The summed E-state index contributed by atoms with van der Waals surface area (Å²) in [6.45, 7) is 0. The average molecular weight is 229 g/mol. The average Bonchev–Trinajstić information content (AvgIpc) is 2.90. The number of H-pyrrole nitrogens is 1. The van der Waals surface area contributed by atoms with Crippen LogP contribution in [0.2, 0.25) is 0 Å². The van der Waals surface area contributed by atoms with Gasteiger partial charge in [-0.1, -0.05) is 19.3 Å². The summed E-state index contributed by atoms with van der Waals surface area (Å²) in [5, 5.41) is 7.27. The van der Waals surface area contributed by atoms with E-state index in [1.165, 1.54) is 32.1 Å². The van der Waals surface area contributed by atoms with E-state index >= 15 is 0 Å². The molecule has 88 valence electrons. The maximum atomic E-state index is 4.54. The minimum Gasteiger partial charge on any atom is -0.262 e. The van der Waals surface area contributed by atoms with Crippen LogP contribution in [0.15, 0.2) is 18.6 Å². The fourth-order valence-electron chi connectivity index (χ4n) is 2.36. The Labute approximate surface area is 99.7 Å². The van der Waals surface area contributed by atoms with Gasteiger partial charge in [0.1, 0.15) is 11.5 Å². The molecule has 5 heteroatoms. The van der Waals surface area contributed by atoms with Gasteiger partial charge in [-0.3, -0.25) is 10.1 Å². The van der Waals surface area contributed by atoms with Crippen LogP contribution in [0.3, 0.4) is 0 Å². The molecule has 2 aromatic heterocycles. The number of hydrogen-bond acceptors (Lipinski definition) is 4. The lowest BCUT2D eigenvalue weighted by Gasteiger charge is -2.18. The van der Waals surface area contributed by atoms with E-state index in [4.69, 9.17) is 0 Å². The first-order valence-electron chi connectivity index (χ1n) is 6.12. The minimum absolute atomic E-state index is 0.543. The van der Waals surface area contributed by atoms with Gasteiger partial charge in [-0.2, -0.15) is 5.10 Å². The highest BCUT2D eigenvalue weighted by atomic mass is 15.2. The van der Waals surface area contributed by atoms with Crippen molar-refractivity contribution in [3.63, 3.8) is 0 Å². The van der Waals surface area contributed by atoms with Crippen LogP contribution < -0.4 is 0 Å². The molecular formula is C12H15N5. The van der Waals surface area contributed by atoms with E-state index in [-0.39, 0.29) is 0 Å². The van der Waals surface area contributed by atoms with Crippen molar-refractivity contribution in [1.29, 1.82) is 0 Å². The van der Waals surface area contributed by atoms with Crippen molar-refractivity contribution in [1.82, 2.24) is 25.1 Å². The molecule has 2 aromatic rings. The van der Waals surface area contributed by atoms with E-state index in [1.54, 1.807) is 18.6 Å². The van der Waals surface area contributed by atoms with Crippen LogP contribution >= 0.6 is 0 Å². The van der Waals surface area contributed by atoms with Crippen LogP contribution in [0.5, 0.6) is 0 Å². The molecule has 0 aromatic carbocycles. The third kappa shape index (κ3) is 2.18. The Bertz CT molecular complexity index is 473. The fourth-order valence-corrected chi connectivity index (χ4v) is 2.36. The van der Waals surface area contributed by atoms with Crippen molar-refractivity contribution >= 4 is 0 Å². The van der Waals surface area contributed by atoms with Crippen molar-refractivity contribution in [2.45, 2.75) is 38.0 Å². The smallest absolute Gasteiger partial charge is 0.201 e. The van der Waals surface area contributed by atoms with Crippen LogP contribution in [0.4, 0.5) is 0 Å². The molecule has 5 nitrogen and oxygen atoms in total. The van der Waals surface area contributed by atoms with Gasteiger partial charge in [0.05, 0.1) is 6.20 Å². The monoisotopic (exact) mass is 229 g/mol. The Hall–Kier alpha value is -1.78. The standard InChI is InChI=1S/C12H15N5/c1-2-4-9(5-3-1)11-15-12(17-16-11)10-8-13-6-7-14-10/h6-9H,1-5H2,(H,15,16,17). The molecule has 1 aliphatic rings. The lowest BCUT2D eigenvalue weighted by molar-refractivity contribution is 0.429. The van der Waals surface area contributed by atoms with Crippen molar-refractivity contribution in [2.75, 3.05) is 0 Å². The fraction of sp³-hybridized carbons (Fsp3) is 0.500. The maximum Gasteiger partial charge on any atom is 0.201 e. The van der Waals surface area contributed by atoms with Gasteiger partial charge in [0.25, 0.3) is 0 Å². The summed E-state index contributed by atoms with van der Waals surface area (Å²) in [7, 11) is 0. The SMILES string of the molecule is c1cnc(-c2n[nH]c(C3CCCCC3)n2)cn1. The van der Waals surface area contributed by atoms with Gasteiger partial charge < -0.3 is 0 Å². The number of nitrogens with one attached hydrogen (secondary N) is 1. The summed E-state index contributed by atoms with van der Waals surface area (Å²) in [5.74, 6) is 2.20. The van der Waals surface area contributed by atoms with E-state index in [2.05, 4.69) is 25.1 Å². The highest BCUT2D eigenvalue weighted by molar-refractivity contribution is 5.45. The molecule has 1 saturated carbocycles. The predicted molar refractivity (Wildman–Crippen MR) is 63.2 cm³/mol. The number of nitrogens with zero attached hydrogens (tertiary/aromatic N) is 4. The summed E-state index contributed by atoms with van der Waals surface area (Å²) in [5.41, 5.74) is 0.728. The molecule has 0 saturated heterocycles. The van der Waals surface area contributed by atoms with E-state index in [0.717, 1.165) is 11.5 Å². The second-order valence-electron chi connectivity index (χ2n) is 4.47. The zero-order valence-electron chi connectivity index (χ0n) is 9.63. The minimum atomic E-state index is 0.543. The van der Waals surface area contributed by atoms with Gasteiger partial charge in [-0.25, -0.2) is 9.97 Å². The van der Waals surface area contributed by atoms with Gasteiger partial charge >= 0.3 is 0 Å². The largest absolute Gasteiger partial charge is 0.262 e. The van der Waals surface area contributed by atoms with Gasteiger partial charge in [0.2, 0.25) is 5.82 Å². The first kappa shape index (κ1) is 10.4. The quantitative estimate of drug-likeness (QED) is 0.858. The number of aromatic nitrogens is 5. The second kappa shape index (κ2) is 4.61. The normalized spacial score (nSPS) is 17.2. The molecule has 0 spiro atoms. The van der Waals surface area contributed by atoms with Crippen molar-refractivity contribution in [2.24, 2.45) is 0 Å². The molecule has 3 rings (SSSR count). The lowest BCUT2D eigenvalue weighted by atomic mass is 9.89. The van der Waals surface area contributed by atoms with E-state index in [0.29, 0.717) is 11.7 Å². The molecule has 1 fully saturated rings. The second-order valence-corrected chi connectivity index (χ2v) is 4.47. The van der Waals surface area contributed by atoms with Gasteiger partial charge in [0.15, 0.2) is 0 Å². The molecule has 0 aliphatic heterocycles. The number of rotatable bonds is 2. The summed E-state index contributed by atoms with van der Waals surface area (Å²) in [4.78, 5) is 12.8. The van der Waals surface area contributed by atoms with Crippen LogP contribution in [0, 0.1) is 0 Å². The lowest BCUT2D eigenvalue weighted by Crippen LogP contribution is -2.06. The van der Waals surface area contributed by atoms with Crippen molar-refractivity contribution < 1.29 is 0 Å². The molecule has 0 radical (unpaired) electrons. The summed E-state index contributed by atoms with van der Waals surface area (Å²) < 4.78 is 0. The van der Waals surface area contributed by atoms with Crippen molar-refractivity contribution in [3.8, 4) is 11.5 Å². The highest BCUT2D eigenvalue weighted by Gasteiger charge is 2.19. The van der Waals surface area contributed by atoms with Crippen LogP contribution in [0.1, 0.15) is 43.8 Å². The van der Waals surface area contributed by atoms with E-state index < -0.39 is 0 Å². The first-order chi connectivity index (χ1) is 8.43. The molecule has 0 unspecified atom stereocenters. The zero-order valence-corrected chi connectivity index (χ0v) is 9.63. The Morgan fingerprint density at radius 2 is 2.00 bits per heavy atom. The molecule has 1 aliphatic carbocycles. The summed E-state index contributed by atoms with van der Waals surface area (Å²) >= 11 is 0. The molecule has 1 N–H and O–H groups in total. The third-order valence-corrected chi connectivity index (χ3v) is 3.29. The zero-order chi connectivity index (χ0) is 11.5. The molecule has 17 heavy (non-hydrogen) atoms. The Morgan fingerprint density at radius 1 is 1.12 bits per heavy atom. The molecular weight excluding hydrogens is 214 g/mol. The molecule has 2 heterocycles. The predicted octanol–water partition coefficient (Wildman–Crippen LogP) is 2.31. The Balaban J connectivity index is 1.83. The Morgan fingerprint density at radius 3 is 2.76 bits per heavy atom. The molecule has 0 atom stereocenters. The van der Waals surface area contributed by atoms with Gasteiger partial charge in [-0.05, 0) is 12.8 Å². The maximum absolute atomic E-state index is 4.54. The van der Waals surface area contributed by atoms with E-state index in [9.17, 15) is 0 Å². The van der Waals surface area contributed by atoms with Crippen LogP contribution in [-0.2, 0) is 0 Å². The number of aromatic amines is 1. The summed E-state index contributed by atoms with van der Waals surface area (Å²) in [6.07, 6.45) is 11.4. The van der Waals surface area contributed by atoms with Gasteiger partial charge in [-0.15, -0.1) is 0 Å². The Kier molecular flexibility index (Phi) is 2.81. The molecule has 0 amide bonds. The van der Waals surface area contributed by atoms with Crippen LogP contribution in [0.25, 0.3) is 11.5 Å². The van der Waals surface area contributed by atoms with Crippen molar-refractivity contribution in [3.05, 3.63) is 24.4 Å².